The lowest BCUT2D eigenvalue weighted by atomic mass is 9.85. The first-order valence-electron chi connectivity index (χ1n) is 6.82. The second-order valence-electron chi connectivity index (χ2n) is 6.05. The quantitative estimate of drug-likeness (QED) is 0.816. The van der Waals surface area contributed by atoms with Gasteiger partial charge in [-0.1, -0.05) is 20.8 Å². The first kappa shape index (κ1) is 16.3. The molecular weight excluding hydrogens is 306 g/mol. The molecule has 6 nitrogen and oxygen atoms in total. The number of furan rings is 1. The molecule has 118 valence electrons. The Morgan fingerprint density at radius 3 is 2.73 bits per heavy atom. The third-order valence-corrected chi connectivity index (χ3v) is 3.39. The third kappa shape index (κ3) is 4.21. The molecule has 0 aliphatic rings. The molecule has 0 saturated carbocycles. The molecule has 2 aromatic heterocycles. The van der Waals surface area contributed by atoms with Crippen molar-refractivity contribution in [3.05, 3.63) is 29.7 Å². The summed E-state index contributed by atoms with van der Waals surface area (Å²) in [5.74, 6) is 0.157. The molecule has 0 amide bonds. The average molecular weight is 324 g/mol. The number of nitrogens with zero attached hydrogens (tertiary/aromatic N) is 2. The summed E-state index contributed by atoms with van der Waals surface area (Å²) < 4.78 is 5.30. The highest BCUT2D eigenvalue weighted by molar-refractivity contribution is 6.28. The van der Waals surface area contributed by atoms with E-state index < -0.39 is 5.97 Å². The smallest absolute Gasteiger partial charge is 0.305 e. The molecule has 0 aliphatic carbocycles. The molecule has 0 saturated heterocycles. The number of nitrogens with one attached hydrogen (secondary N) is 1. The van der Waals surface area contributed by atoms with Crippen molar-refractivity contribution in [1.82, 2.24) is 9.97 Å². The lowest BCUT2D eigenvalue weighted by molar-refractivity contribution is -0.137. The number of carboxylic acids is 1. The summed E-state index contributed by atoms with van der Waals surface area (Å²) >= 11 is 5.95. The molecule has 0 unspecified atom stereocenters. The van der Waals surface area contributed by atoms with Crippen LogP contribution in [0.15, 0.2) is 28.9 Å². The molecule has 1 atom stereocenters. The molecule has 7 heteroatoms. The summed E-state index contributed by atoms with van der Waals surface area (Å²) in [5.41, 5.74) is 0.274. The van der Waals surface area contributed by atoms with Crippen molar-refractivity contribution in [2.45, 2.75) is 33.2 Å². The van der Waals surface area contributed by atoms with Gasteiger partial charge in [0.2, 0.25) is 5.28 Å². The molecule has 0 radical (unpaired) electrons. The van der Waals surface area contributed by atoms with Crippen LogP contribution in [0.5, 0.6) is 0 Å². The first-order valence-corrected chi connectivity index (χ1v) is 7.20. The SMILES string of the molecule is CC(C)(C)[C@@H](CC(=O)O)Nc1cc(-c2ccco2)nc(Cl)n1. The van der Waals surface area contributed by atoms with Gasteiger partial charge in [-0.15, -0.1) is 0 Å². The van der Waals surface area contributed by atoms with E-state index in [-0.39, 0.29) is 23.2 Å². The molecule has 0 spiro atoms. The maximum atomic E-state index is 11.1. The molecule has 0 aromatic carbocycles. The highest BCUT2D eigenvalue weighted by Gasteiger charge is 2.27. The van der Waals surface area contributed by atoms with Crippen LogP contribution in [0.4, 0.5) is 5.82 Å². The largest absolute Gasteiger partial charge is 0.481 e. The molecule has 0 aliphatic heterocycles. The molecule has 22 heavy (non-hydrogen) atoms. The van der Waals surface area contributed by atoms with Crippen molar-refractivity contribution in [3.63, 3.8) is 0 Å². The van der Waals surface area contributed by atoms with Gasteiger partial charge in [-0.25, -0.2) is 9.97 Å². The van der Waals surface area contributed by atoms with Crippen LogP contribution in [-0.2, 0) is 4.79 Å². The Hall–Kier alpha value is -2.08. The molecule has 2 rings (SSSR count). The number of halogens is 1. The van der Waals surface area contributed by atoms with Crippen LogP contribution in [0, 0.1) is 5.41 Å². The molecule has 2 N–H and O–H groups in total. The summed E-state index contributed by atoms with van der Waals surface area (Å²) in [5, 5.41) is 12.3. The van der Waals surface area contributed by atoms with Crippen molar-refractivity contribution in [2.75, 3.05) is 5.32 Å². The Morgan fingerprint density at radius 2 is 2.18 bits per heavy atom. The van der Waals surface area contributed by atoms with Gasteiger partial charge in [0, 0.05) is 12.1 Å². The lowest BCUT2D eigenvalue weighted by Crippen LogP contribution is -2.36. The fourth-order valence-electron chi connectivity index (χ4n) is 1.97. The van der Waals surface area contributed by atoms with Crippen LogP contribution >= 0.6 is 11.6 Å². The van der Waals surface area contributed by atoms with E-state index in [2.05, 4.69) is 15.3 Å². The summed E-state index contributed by atoms with van der Waals surface area (Å²) in [6.45, 7) is 5.89. The summed E-state index contributed by atoms with van der Waals surface area (Å²) in [4.78, 5) is 19.3. The van der Waals surface area contributed by atoms with Gasteiger partial charge in [-0.2, -0.15) is 0 Å². The standard InChI is InChI=1S/C15H18ClN3O3/c1-15(2,3)11(8-13(20)21)18-12-7-9(17-14(16)19-12)10-5-4-6-22-10/h4-7,11H,8H2,1-3H3,(H,20,21)(H,17,18,19)/t11-/m1/s1. The lowest BCUT2D eigenvalue weighted by Gasteiger charge is -2.30. The Bertz CT molecular complexity index is 651. The topological polar surface area (TPSA) is 88.2 Å². The molecule has 0 bridgehead atoms. The predicted octanol–water partition coefficient (Wildman–Crippen LogP) is 3.69. The van der Waals surface area contributed by atoms with Gasteiger partial charge in [0.05, 0.1) is 12.7 Å². The fourth-order valence-corrected chi connectivity index (χ4v) is 2.15. The van der Waals surface area contributed by atoms with Crippen molar-refractivity contribution in [1.29, 1.82) is 0 Å². The van der Waals surface area contributed by atoms with E-state index in [0.717, 1.165) is 0 Å². The number of carboxylic acid groups (broad SMARTS) is 1. The number of hydrogen-bond acceptors (Lipinski definition) is 5. The molecular formula is C15H18ClN3O3. The van der Waals surface area contributed by atoms with E-state index >= 15 is 0 Å². The molecule has 2 aromatic rings. The summed E-state index contributed by atoms with van der Waals surface area (Å²) in [6, 6.07) is 4.90. The van der Waals surface area contributed by atoms with E-state index in [1.165, 1.54) is 0 Å². The summed E-state index contributed by atoms with van der Waals surface area (Å²) in [6.07, 6.45) is 1.52. The van der Waals surface area contributed by atoms with Gasteiger partial charge in [0.25, 0.3) is 0 Å². The average Bonchev–Trinajstić information content (AvgIpc) is 2.89. The van der Waals surface area contributed by atoms with Crippen LogP contribution in [-0.4, -0.2) is 27.1 Å². The minimum absolute atomic E-state index is 0.0266. The Morgan fingerprint density at radius 1 is 1.45 bits per heavy atom. The zero-order chi connectivity index (χ0) is 16.3. The van der Waals surface area contributed by atoms with Gasteiger partial charge >= 0.3 is 5.97 Å². The normalized spacial score (nSPS) is 12.9. The van der Waals surface area contributed by atoms with Crippen molar-refractivity contribution in [2.24, 2.45) is 5.41 Å². The second-order valence-corrected chi connectivity index (χ2v) is 6.38. The predicted molar refractivity (Wildman–Crippen MR) is 83.9 cm³/mol. The Labute approximate surface area is 133 Å². The third-order valence-electron chi connectivity index (χ3n) is 3.22. The van der Waals surface area contributed by atoms with Crippen molar-refractivity contribution in [3.8, 4) is 11.5 Å². The number of aliphatic carboxylic acids is 1. The van der Waals surface area contributed by atoms with Crippen LogP contribution in [0.3, 0.4) is 0 Å². The van der Waals surface area contributed by atoms with Gasteiger partial charge < -0.3 is 14.8 Å². The molecule has 0 fully saturated rings. The Kier molecular flexibility index (Phi) is 4.71. The zero-order valence-corrected chi connectivity index (χ0v) is 13.4. The van der Waals surface area contributed by atoms with Crippen LogP contribution in [0.1, 0.15) is 27.2 Å². The highest BCUT2D eigenvalue weighted by atomic mass is 35.5. The van der Waals surface area contributed by atoms with Crippen LogP contribution in [0.25, 0.3) is 11.5 Å². The van der Waals surface area contributed by atoms with E-state index in [9.17, 15) is 4.79 Å². The van der Waals surface area contributed by atoms with Crippen LogP contribution in [0.2, 0.25) is 5.28 Å². The number of aromatic nitrogens is 2. The van der Waals surface area contributed by atoms with E-state index in [4.69, 9.17) is 21.1 Å². The molecule has 2 heterocycles. The van der Waals surface area contributed by atoms with Crippen LogP contribution < -0.4 is 5.32 Å². The zero-order valence-electron chi connectivity index (χ0n) is 12.6. The number of rotatable bonds is 5. The second kappa shape index (κ2) is 6.36. The maximum absolute atomic E-state index is 11.1. The highest BCUT2D eigenvalue weighted by Crippen LogP contribution is 2.27. The summed E-state index contributed by atoms with van der Waals surface area (Å²) in [7, 11) is 0. The number of anilines is 1. The maximum Gasteiger partial charge on any atom is 0.305 e. The van der Waals surface area contributed by atoms with Crippen molar-refractivity contribution < 1.29 is 14.3 Å². The first-order chi connectivity index (χ1) is 10.3. The Balaban J connectivity index is 2.29. The van der Waals surface area contributed by atoms with Gasteiger partial charge in [0.1, 0.15) is 11.5 Å². The van der Waals surface area contributed by atoms with Gasteiger partial charge in [-0.3, -0.25) is 4.79 Å². The minimum Gasteiger partial charge on any atom is -0.481 e. The van der Waals surface area contributed by atoms with E-state index in [1.54, 1.807) is 24.5 Å². The van der Waals surface area contributed by atoms with Crippen molar-refractivity contribution >= 4 is 23.4 Å². The minimum atomic E-state index is -0.876. The van der Waals surface area contributed by atoms with Gasteiger partial charge in [-0.05, 0) is 29.1 Å². The number of hydrogen-bond donors (Lipinski definition) is 2. The van der Waals surface area contributed by atoms with E-state index in [1.807, 2.05) is 20.8 Å². The van der Waals surface area contributed by atoms with Gasteiger partial charge in [0.15, 0.2) is 5.76 Å². The fraction of sp³-hybridized carbons (Fsp3) is 0.400. The number of carbonyl (C=O) groups is 1. The monoisotopic (exact) mass is 323 g/mol. The van der Waals surface area contributed by atoms with E-state index in [0.29, 0.717) is 17.3 Å².